The first-order chi connectivity index (χ1) is 9.65. The number of H-pyrrole nitrogens is 3. The molecule has 0 aliphatic heterocycles. The second-order valence-electron chi connectivity index (χ2n) is 4.17. The summed E-state index contributed by atoms with van der Waals surface area (Å²) < 4.78 is 0. The van der Waals surface area contributed by atoms with Gasteiger partial charge in [0.05, 0.1) is 11.4 Å². The number of aromatic nitrogens is 4. The van der Waals surface area contributed by atoms with E-state index in [4.69, 9.17) is 5.11 Å². The highest BCUT2D eigenvalue weighted by atomic mass is 16.4. The van der Waals surface area contributed by atoms with E-state index in [1.165, 1.54) is 6.07 Å². The number of benzene rings is 1. The van der Waals surface area contributed by atoms with E-state index >= 15 is 0 Å². The number of nitrogens with one attached hydrogen (secondary N) is 3. The third-order valence-corrected chi connectivity index (χ3v) is 2.90. The molecule has 2 aromatic heterocycles. The number of carbonyl (C=O) groups is 1. The molecular weight excluding hydrogens is 260 g/mol. The first-order valence-corrected chi connectivity index (χ1v) is 5.81. The highest BCUT2D eigenvalue weighted by Crippen LogP contribution is 2.29. The van der Waals surface area contributed by atoms with E-state index in [0.717, 1.165) is 11.1 Å². The van der Waals surface area contributed by atoms with Gasteiger partial charge in [0.25, 0.3) is 0 Å². The first-order valence-electron chi connectivity index (χ1n) is 5.81. The summed E-state index contributed by atoms with van der Waals surface area (Å²) in [6, 6.07) is 8.73. The maximum Gasteiger partial charge on any atom is 0.353 e. The Balaban J connectivity index is 2.14. The van der Waals surface area contributed by atoms with Gasteiger partial charge in [0, 0.05) is 17.3 Å². The van der Waals surface area contributed by atoms with E-state index in [0.29, 0.717) is 11.4 Å². The Morgan fingerprint density at radius 1 is 1.20 bits per heavy atom. The van der Waals surface area contributed by atoms with Crippen molar-refractivity contribution in [3.63, 3.8) is 0 Å². The van der Waals surface area contributed by atoms with Gasteiger partial charge in [0.15, 0.2) is 0 Å². The van der Waals surface area contributed by atoms with E-state index in [1.54, 1.807) is 6.20 Å². The van der Waals surface area contributed by atoms with Gasteiger partial charge >= 0.3 is 11.7 Å². The molecule has 0 aliphatic rings. The summed E-state index contributed by atoms with van der Waals surface area (Å²) in [5, 5.41) is 15.4. The Kier molecular flexibility index (Phi) is 2.72. The largest absolute Gasteiger partial charge is 0.477 e. The van der Waals surface area contributed by atoms with Gasteiger partial charge in [-0.25, -0.2) is 9.59 Å². The molecule has 2 heterocycles. The average molecular weight is 270 g/mol. The van der Waals surface area contributed by atoms with Crippen molar-refractivity contribution < 1.29 is 9.90 Å². The van der Waals surface area contributed by atoms with Crippen molar-refractivity contribution in [2.45, 2.75) is 0 Å². The van der Waals surface area contributed by atoms with Gasteiger partial charge in [-0.3, -0.25) is 5.10 Å². The fraction of sp³-hybridized carbons (Fsp3) is 0. The van der Waals surface area contributed by atoms with Crippen LogP contribution in [0.25, 0.3) is 22.5 Å². The summed E-state index contributed by atoms with van der Waals surface area (Å²) in [7, 11) is 0. The maximum atomic E-state index is 11.2. The third-order valence-electron chi connectivity index (χ3n) is 2.90. The molecule has 3 rings (SSSR count). The highest BCUT2D eigenvalue weighted by molar-refractivity contribution is 5.88. The van der Waals surface area contributed by atoms with Gasteiger partial charge in [-0.1, -0.05) is 24.3 Å². The average Bonchev–Trinajstić information content (AvgIpc) is 3.07. The molecule has 0 saturated carbocycles. The summed E-state index contributed by atoms with van der Waals surface area (Å²) in [4.78, 5) is 27.3. The molecular formula is C13H10N4O3. The second-order valence-corrected chi connectivity index (χ2v) is 4.17. The molecule has 100 valence electrons. The van der Waals surface area contributed by atoms with Crippen LogP contribution >= 0.6 is 0 Å². The van der Waals surface area contributed by atoms with Gasteiger partial charge in [0.1, 0.15) is 5.69 Å². The number of imidazole rings is 1. The van der Waals surface area contributed by atoms with Crippen molar-refractivity contribution in [3.8, 4) is 22.5 Å². The van der Waals surface area contributed by atoms with E-state index in [9.17, 15) is 9.59 Å². The van der Waals surface area contributed by atoms with Crippen molar-refractivity contribution in [1.29, 1.82) is 0 Å². The van der Waals surface area contributed by atoms with E-state index in [-0.39, 0.29) is 11.4 Å². The topological polar surface area (TPSA) is 115 Å². The van der Waals surface area contributed by atoms with Gasteiger partial charge in [-0.2, -0.15) is 5.10 Å². The van der Waals surface area contributed by atoms with Crippen molar-refractivity contribution in [1.82, 2.24) is 20.2 Å². The lowest BCUT2D eigenvalue weighted by Crippen LogP contribution is -2.00. The minimum atomic E-state index is -1.07. The number of aromatic amines is 3. The SMILES string of the molecule is O=C(O)c1cc(-c2ccccc2-c2c[nH]c(=O)[nH]2)n[nH]1. The molecule has 0 atom stereocenters. The molecule has 0 bridgehead atoms. The molecule has 0 fully saturated rings. The third kappa shape index (κ3) is 2.01. The van der Waals surface area contributed by atoms with Crippen molar-refractivity contribution in [2.75, 3.05) is 0 Å². The van der Waals surface area contributed by atoms with Crippen LogP contribution in [-0.4, -0.2) is 31.2 Å². The minimum absolute atomic E-state index is 0.0114. The summed E-state index contributed by atoms with van der Waals surface area (Å²) in [6.45, 7) is 0. The van der Waals surface area contributed by atoms with Crippen molar-refractivity contribution >= 4 is 5.97 Å². The molecule has 7 nitrogen and oxygen atoms in total. The molecule has 0 aliphatic carbocycles. The van der Waals surface area contributed by atoms with Gasteiger partial charge in [-0.05, 0) is 6.07 Å². The van der Waals surface area contributed by atoms with Crippen LogP contribution in [0.3, 0.4) is 0 Å². The molecule has 0 spiro atoms. The molecule has 0 saturated heterocycles. The fourth-order valence-electron chi connectivity index (χ4n) is 1.99. The molecule has 0 radical (unpaired) electrons. The second kappa shape index (κ2) is 4.54. The predicted octanol–water partition coefficient (Wildman–Crippen LogP) is 1.46. The molecule has 7 heteroatoms. The van der Waals surface area contributed by atoms with E-state index < -0.39 is 5.97 Å². The predicted molar refractivity (Wildman–Crippen MR) is 71.4 cm³/mol. The Morgan fingerprint density at radius 3 is 2.55 bits per heavy atom. The Morgan fingerprint density at radius 2 is 1.95 bits per heavy atom. The summed E-state index contributed by atoms with van der Waals surface area (Å²) in [6.07, 6.45) is 1.56. The van der Waals surface area contributed by atoms with Crippen LogP contribution in [0.1, 0.15) is 10.5 Å². The smallest absolute Gasteiger partial charge is 0.353 e. The number of hydrogen-bond acceptors (Lipinski definition) is 3. The standard InChI is InChI=1S/C13H10N4O3/c18-12(19)10-5-9(16-17-10)7-3-1-2-4-8(7)11-6-14-13(20)15-11/h1-6H,(H,16,17)(H,18,19)(H2,14,15,20). The van der Waals surface area contributed by atoms with Crippen molar-refractivity contribution in [2.24, 2.45) is 0 Å². The molecule has 3 aromatic rings. The molecule has 4 N–H and O–H groups in total. The fourth-order valence-corrected chi connectivity index (χ4v) is 1.99. The summed E-state index contributed by atoms with van der Waals surface area (Å²) in [5.74, 6) is -1.07. The number of carboxylic acids is 1. The van der Waals surface area contributed by atoms with Crippen LogP contribution in [-0.2, 0) is 0 Å². The van der Waals surface area contributed by atoms with Crippen LogP contribution in [0.15, 0.2) is 41.3 Å². The van der Waals surface area contributed by atoms with Crippen LogP contribution < -0.4 is 5.69 Å². The van der Waals surface area contributed by atoms with Gasteiger partial charge in [-0.15, -0.1) is 0 Å². The van der Waals surface area contributed by atoms with Gasteiger partial charge in [0.2, 0.25) is 0 Å². The monoisotopic (exact) mass is 270 g/mol. The first kappa shape index (κ1) is 12.0. The number of rotatable bonds is 3. The van der Waals surface area contributed by atoms with Crippen LogP contribution in [0.5, 0.6) is 0 Å². The highest BCUT2D eigenvalue weighted by Gasteiger charge is 2.13. The Labute approximate surface area is 112 Å². The number of hydrogen-bond donors (Lipinski definition) is 4. The zero-order chi connectivity index (χ0) is 14.1. The number of carboxylic acid groups (broad SMARTS) is 1. The zero-order valence-electron chi connectivity index (χ0n) is 10.2. The lowest BCUT2D eigenvalue weighted by atomic mass is 10.0. The summed E-state index contributed by atoms with van der Waals surface area (Å²) >= 11 is 0. The van der Waals surface area contributed by atoms with E-state index in [1.807, 2.05) is 24.3 Å². The normalized spacial score (nSPS) is 10.6. The number of nitrogens with zero attached hydrogens (tertiary/aromatic N) is 1. The maximum absolute atomic E-state index is 11.2. The summed E-state index contributed by atoms with van der Waals surface area (Å²) in [5.41, 5.74) is 2.31. The van der Waals surface area contributed by atoms with Crippen molar-refractivity contribution in [3.05, 3.63) is 52.7 Å². The molecule has 20 heavy (non-hydrogen) atoms. The van der Waals surface area contributed by atoms with Crippen LogP contribution in [0.4, 0.5) is 0 Å². The number of aromatic carboxylic acids is 1. The molecule has 0 unspecified atom stereocenters. The van der Waals surface area contributed by atoms with Gasteiger partial charge < -0.3 is 15.1 Å². The lowest BCUT2D eigenvalue weighted by molar-refractivity contribution is 0.0690. The minimum Gasteiger partial charge on any atom is -0.477 e. The van der Waals surface area contributed by atoms with Crippen LogP contribution in [0, 0.1) is 0 Å². The van der Waals surface area contributed by atoms with Crippen LogP contribution in [0.2, 0.25) is 0 Å². The molecule has 0 amide bonds. The molecule has 1 aromatic carbocycles. The Bertz CT molecular complexity index is 828. The van der Waals surface area contributed by atoms with E-state index in [2.05, 4.69) is 20.2 Å². The Hall–Kier alpha value is -3.09. The quantitative estimate of drug-likeness (QED) is 0.576. The lowest BCUT2D eigenvalue weighted by Gasteiger charge is -2.04. The zero-order valence-corrected chi connectivity index (χ0v) is 10.2.